The van der Waals surface area contributed by atoms with E-state index in [2.05, 4.69) is 15.2 Å². The van der Waals surface area contributed by atoms with E-state index in [-0.39, 0.29) is 5.91 Å². The molecule has 3 aromatic rings. The van der Waals surface area contributed by atoms with Gasteiger partial charge in [-0.3, -0.25) is 9.89 Å². The Morgan fingerprint density at radius 2 is 2.26 bits per heavy atom. The highest BCUT2D eigenvalue weighted by molar-refractivity contribution is 5.87. The lowest BCUT2D eigenvalue weighted by atomic mass is 10.1. The number of fused-ring (bicyclic) bond motifs is 1. The van der Waals surface area contributed by atoms with E-state index in [9.17, 15) is 4.79 Å². The quantitative estimate of drug-likeness (QED) is 0.803. The van der Waals surface area contributed by atoms with E-state index in [0.29, 0.717) is 12.3 Å². The zero-order chi connectivity index (χ0) is 15.8. The Hall–Kier alpha value is -2.63. The molecule has 2 aromatic heterocycles. The number of aryl methyl sites for hydroxylation is 1. The summed E-state index contributed by atoms with van der Waals surface area (Å²) in [6, 6.07) is 7.88. The van der Waals surface area contributed by atoms with E-state index in [1.54, 1.807) is 0 Å². The molecule has 1 aliphatic rings. The summed E-state index contributed by atoms with van der Waals surface area (Å²) in [4.78, 5) is 19.0. The fourth-order valence-corrected chi connectivity index (χ4v) is 3.38. The molecule has 6 nitrogen and oxygen atoms in total. The minimum Gasteiger partial charge on any atom is -0.342 e. The van der Waals surface area contributed by atoms with Crippen LogP contribution in [0.3, 0.4) is 0 Å². The number of carbonyl (C=O) groups is 1. The Morgan fingerprint density at radius 3 is 3.09 bits per heavy atom. The molecule has 1 aromatic carbocycles. The van der Waals surface area contributed by atoms with Gasteiger partial charge in [0, 0.05) is 43.8 Å². The van der Waals surface area contributed by atoms with Crippen LogP contribution in [-0.4, -0.2) is 43.6 Å². The monoisotopic (exact) mass is 309 g/mol. The zero-order valence-electron chi connectivity index (χ0n) is 13.1. The largest absolute Gasteiger partial charge is 0.342 e. The highest BCUT2D eigenvalue weighted by Gasteiger charge is 2.29. The first-order valence-corrected chi connectivity index (χ1v) is 7.89. The number of hydrogen-bond acceptors (Lipinski definition) is 3. The number of imidazole rings is 1. The highest BCUT2D eigenvalue weighted by Crippen LogP contribution is 2.26. The highest BCUT2D eigenvalue weighted by atomic mass is 16.2. The number of aromatic nitrogens is 4. The van der Waals surface area contributed by atoms with Gasteiger partial charge < -0.3 is 9.47 Å². The normalized spacial score (nSPS) is 18.0. The van der Waals surface area contributed by atoms with Crippen molar-refractivity contribution < 1.29 is 4.79 Å². The smallest absolute Gasteiger partial charge is 0.228 e. The third-order valence-corrected chi connectivity index (χ3v) is 4.63. The Morgan fingerprint density at radius 1 is 1.39 bits per heavy atom. The van der Waals surface area contributed by atoms with Gasteiger partial charge in [0.2, 0.25) is 5.91 Å². The molecule has 23 heavy (non-hydrogen) atoms. The van der Waals surface area contributed by atoms with Crippen LogP contribution in [0.5, 0.6) is 0 Å². The molecule has 3 heterocycles. The average molecular weight is 309 g/mol. The van der Waals surface area contributed by atoms with E-state index in [4.69, 9.17) is 0 Å². The predicted octanol–water partition coefficient (Wildman–Crippen LogP) is 1.85. The number of hydrogen-bond donors (Lipinski definition) is 1. The number of benzene rings is 1. The maximum absolute atomic E-state index is 12.6. The van der Waals surface area contributed by atoms with Crippen molar-refractivity contribution in [2.45, 2.75) is 18.8 Å². The third kappa shape index (κ3) is 2.50. The van der Waals surface area contributed by atoms with Gasteiger partial charge >= 0.3 is 0 Å². The lowest BCUT2D eigenvalue weighted by molar-refractivity contribution is -0.129. The number of H-pyrrole nitrogens is 1. The SMILES string of the molecule is Cn1ccnc1C1CCN(C(=O)Cc2[nH]nc3ccccc23)C1. The van der Waals surface area contributed by atoms with Crippen LogP contribution in [0.25, 0.3) is 10.9 Å². The molecule has 1 saturated heterocycles. The number of nitrogens with one attached hydrogen (secondary N) is 1. The van der Waals surface area contributed by atoms with Gasteiger partial charge in [0.05, 0.1) is 17.6 Å². The zero-order valence-corrected chi connectivity index (χ0v) is 13.1. The second kappa shape index (κ2) is 5.53. The molecular weight excluding hydrogens is 290 g/mol. The number of rotatable bonds is 3. The first-order chi connectivity index (χ1) is 11.2. The number of amides is 1. The third-order valence-electron chi connectivity index (χ3n) is 4.63. The van der Waals surface area contributed by atoms with Crippen molar-refractivity contribution >= 4 is 16.8 Å². The van der Waals surface area contributed by atoms with Crippen molar-refractivity contribution in [2.24, 2.45) is 7.05 Å². The van der Waals surface area contributed by atoms with Crippen molar-refractivity contribution in [3.05, 3.63) is 48.2 Å². The van der Waals surface area contributed by atoms with Gasteiger partial charge in [-0.2, -0.15) is 5.10 Å². The minimum absolute atomic E-state index is 0.149. The number of carbonyl (C=O) groups excluding carboxylic acids is 1. The summed E-state index contributed by atoms with van der Waals surface area (Å²) in [5, 5.41) is 8.29. The van der Waals surface area contributed by atoms with E-state index in [1.807, 2.05) is 53.2 Å². The molecule has 118 valence electrons. The van der Waals surface area contributed by atoms with Crippen LogP contribution in [0.2, 0.25) is 0 Å². The van der Waals surface area contributed by atoms with Gasteiger partial charge in [-0.25, -0.2) is 4.98 Å². The molecule has 0 saturated carbocycles. The second-order valence-corrected chi connectivity index (χ2v) is 6.12. The van der Waals surface area contributed by atoms with E-state index >= 15 is 0 Å². The van der Waals surface area contributed by atoms with Crippen molar-refractivity contribution in [1.29, 1.82) is 0 Å². The van der Waals surface area contributed by atoms with Gasteiger partial charge in [-0.15, -0.1) is 0 Å². The molecule has 0 bridgehead atoms. The fraction of sp³-hybridized carbons (Fsp3) is 0.353. The lowest BCUT2D eigenvalue weighted by Crippen LogP contribution is -2.30. The average Bonchev–Trinajstić information content (AvgIpc) is 3.27. The number of likely N-dealkylation sites (tertiary alicyclic amines) is 1. The first kappa shape index (κ1) is 14.0. The summed E-state index contributed by atoms with van der Waals surface area (Å²) in [5.41, 5.74) is 1.80. The topological polar surface area (TPSA) is 66.8 Å². The summed E-state index contributed by atoms with van der Waals surface area (Å²) in [7, 11) is 2.00. The molecule has 1 fully saturated rings. The predicted molar refractivity (Wildman–Crippen MR) is 86.9 cm³/mol. The Kier molecular flexibility index (Phi) is 3.37. The van der Waals surface area contributed by atoms with Crippen molar-refractivity contribution in [3.63, 3.8) is 0 Å². The molecule has 1 N–H and O–H groups in total. The molecule has 0 aliphatic carbocycles. The molecule has 1 aliphatic heterocycles. The first-order valence-electron chi connectivity index (χ1n) is 7.89. The molecular formula is C17H19N5O. The van der Waals surface area contributed by atoms with Crippen LogP contribution in [0.1, 0.15) is 23.9 Å². The summed E-state index contributed by atoms with van der Waals surface area (Å²) in [6.45, 7) is 1.54. The molecule has 1 amide bonds. The Labute approximate surface area is 134 Å². The molecule has 0 radical (unpaired) electrons. The van der Waals surface area contributed by atoms with Gasteiger partial charge in [-0.05, 0) is 12.5 Å². The summed E-state index contributed by atoms with van der Waals surface area (Å²) < 4.78 is 2.04. The Balaban J connectivity index is 1.47. The number of para-hydroxylation sites is 1. The molecule has 1 unspecified atom stereocenters. The van der Waals surface area contributed by atoms with Gasteiger partial charge in [0.1, 0.15) is 5.82 Å². The molecule has 6 heteroatoms. The minimum atomic E-state index is 0.149. The molecule has 0 spiro atoms. The lowest BCUT2D eigenvalue weighted by Gasteiger charge is -2.16. The standard InChI is InChI=1S/C17H19N5O/c1-21-9-7-18-17(21)12-6-8-22(11-12)16(23)10-15-13-4-2-3-5-14(13)19-20-15/h2-5,7,9,12H,6,8,10-11H2,1H3,(H,19,20). The van der Waals surface area contributed by atoms with Gasteiger partial charge in [0.15, 0.2) is 0 Å². The maximum Gasteiger partial charge on any atom is 0.228 e. The molecule has 4 rings (SSSR count). The van der Waals surface area contributed by atoms with Crippen molar-refractivity contribution in [1.82, 2.24) is 24.6 Å². The van der Waals surface area contributed by atoms with E-state index < -0.39 is 0 Å². The van der Waals surface area contributed by atoms with Crippen LogP contribution >= 0.6 is 0 Å². The van der Waals surface area contributed by atoms with Crippen molar-refractivity contribution in [3.8, 4) is 0 Å². The van der Waals surface area contributed by atoms with Crippen molar-refractivity contribution in [2.75, 3.05) is 13.1 Å². The van der Waals surface area contributed by atoms with Crippen LogP contribution in [0.15, 0.2) is 36.7 Å². The Bertz CT molecular complexity index is 849. The maximum atomic E-state index is 12.6. The van der Waals surface area contributed by atoms with Crippen LogP contribution in [-0.2, 0) is 18.3 Å². The summed E-state index contributed by atoms with van der Waals surface area (Å²) >= 11 is 0. The van der Waals surface area contributed by atoms with Crippen LogP contribution in [0.4, 0.5) is 0 Å². The van der Waals surface area contributed by atoms with E-state index in [1.165, 1.54) is 0 Å². The van der Waals surface area contributed by atoms with Crippen LogP contribution < -0.4 is 0 Å². The second-order valence-electron chi connectivity index (χ2n) is 6.12. The van der Waals surface area contributed by atoms with E-state index in [0.717, 1.165) is 41.9 Å². The molecule has 1 atom stereocenters. The van der Waals surface area contributed by atoms with Crippen LogP contribution in [0, 0.1) is 0 Å². The summed E-state index contributed by atoms with van der Waals surface area (Å²) in [6.07, 6.45) is 5.11. The summed E-state index contributed by atoms with van der Waals surface area (Å²) in [5.74, 6) is 1.54. The number of aromatic amines is 1. The van der Waals surface area contributed by atoms with Gasteiger partial charge in [0.25, 0.3) is 0 Å². The fourth-order valence-electron chi connectivity index (χ4n) is 3.38. The number of nitrogens with zero attached hydrogens (tertiary/aromatic N) is 4. The van der Waals surface area contributed by atoms with Gasteiger partial charge in [-0.1, -0.05) is 18.2 Å².